The summed E-state index contributed by atoms with van der Waals surface area (Å²) >= 11 is 0. The van der Waals surface area contributed by atoms with E-state index < -0.39 is 10.9 Å². The molecule has 1 N–H and O–H groups in total. The van der Waals surface area contributed by atoms with Crippen LogP contribution in [0.3, 0.4) is 0 Å². The van der Waals surface area contributed by atoms with E-state index in [-0.39, 0.29) is 17.1 Å². The van der Waals surface area contributed by atoms with Crippen LogP contribution in [0.1, 0.15) is 49.6 Å². The first-order valence-electron chi connectivity index (χ1n) is 12.5. The van der Waals surface area contributed by atoms with Crippen molar-refractivity contribution in [3.05, 3.63) is 34.9 Å². The number of ether oxygens (including phenoxy) is 1. The van der Waals surface area contributed by atoms with Crippen molar-refractivity contribution >= 4 is 40.3 Å². The number of hydrogen-bond acceptors (Lipinski definition) is 7. The number of rotatable bonds is 5. The summed E-state index contributed by atoms with van der Waals surface area (Å²) in [5.41, 5.74) is 1.92. The molecular weight excluding hydrogens is 454 g/mol. The number of hydrogen-bond donors (Lipinski definition) is 1. The molecule has 3 aromatic rings. The maximum atomic E-state index is 15.3. The van der Waals surface area contributed by atoms with Crippen molar-refractivity contribution < 1.29 is 13.7 Å². The number of aryl methyl sites for hydroxylation is 2. The number of halogens is 1. The normalized spacial score (nSPS) is 21.8. The predicted molar refractivity (Wildman–Crippen MR) is 140 cm³/mol. The fourth-order valence-corrected chi connectivity index (χ4v) is 5.41. The van der Waals surface area contributed by atoms with Crippen molar-refractivity contribution in [2.75, 3.05) is 24.7 Å². The fraction of sp³-hybridized carbons (Fsp3) is 0.560. The third kappa shape index (κ3) is 4.92. The molecule has 2 fully saturated rings. The molecule has 0 saturated carbocycles. The fourth-order valence-electron chi connectivity index (χ4n) is 5.41. The number of anilines is 1. The summed E-state index contributed by atoms with van der Waals surface area (Å²) < 4.78 is 26.4. The Kier molecular flexibility index (Phi) is 6.89. The van der Waals surface area contributed by atoms with Gasteiger partial charge in [0.1, 0.15) is 17.2 Å². The van der Waals surface area contributed by atoms with Gasteiger partial charge in [-0.1, -0.05) is 16.8 Å². The first kappa shape index (κ1) is 25.3. The van der Waals surface area contributed by atoms with Crippen molar-refractivity contribution in [2.45, 2.75) is 69.7 Å². The van der Waals surface area contributed by atoms with E-state index in [4.69, 9.17) is 37.8 Å². The van der Waals surface area contributed by atoms with E-state index in [9.17, 15) is 0 Å². The molecule has 36 heavy (non-hydrogen) atoms. The van der Waals surface area contributed by atoms with Crippen LogP contribution >= 0.6 is 0 Å². The van der Waals surface area contributed by atoms with Crippen LogP contribution in [0.5, 0.6) is 0 Å². The van der Waals surface area contributed by atoms with Gasteiger partial charge >= 0.3 is 0 Å². The molecule has 7 nitrogen and oxygen atoms in total. The van der Waals surface area contributed by atoms with E-state index in [0.29, 0.717) is 40.6 Å². The zero-order chi connectivity index (χ0) is 25.6. The van der Waals surface area contributed by atoms with E-state index in [1.807, 2.05) is 6.92 Å². The molecule has 5 rings (SSSR count). The molecule has 2 aliphatic rings. The van der Waals surface area contributed by atoms with Gasteiger partial charge in [-0.05, 0) is 58.1 Å². The van der Waals surface area contributed by atoms with Crippen molar-refractivity contribution in [1.29, 1.82) is 0 Å². The van der Waals surface area contributed by atoms with Gasteiger partial charge in [-0.15, -0.1) is 5.11 Å². The topological polar surface area (TPSA) is 76.3 Å². The molecule has 0 bridgehead atoms. The van der Waals surface area contributed by atoms with Gasteiger partial charge in [0.05, 0.1) is 29.1 Å². The van der Waals surface area contributed by atoms with E-state index in [2.05, 4.69) is 27.3 Å². The van der Waals surface area contributed by atoms with Crippen LogP contribution in [0.15, 0.2) is 16.7 Å². The maximum absolute atomic E-state index is 15.3. The number of piperidine rings is 1. The number of nitrogens with one attached hydrogen (secondary N) is 1. The predicted octanol–water partition coefficient (Wildman–Crippen LogP) is 2.78. The standard InChI is InChI=1S/C25H29B3FN5O2/c1-13-10-18(31-17-5-8-35-9-6-17)4-7-34(13)23-21(24-30-15(3)33-36-24)14(2)19-11-16(25(26,27)28)12-20(29)22(19)32-23/h11-13,17-18,31H,4-10H2,1-3H3/t13-,18-/m1/s1. The van der Waals surface area contributed by atoms with E-state index in [1.165, 1.54) is 6.07 Å². The first-order chi connectivity index (χ1) is 17.1. The SMILES string of the molecule is [B]C([B])([B])c1cc(F)c2nc(N3CC[C@@H](NC4CCOCC4)C[C@H]3C)c(-c3nc(C)no3)c(C)c2c1. The van der Waals surface area contributed by atoms with Crippen LogP contribution in [-0.2, 0) is 9.85 Å². The molecule has 0 spiro atoms. The van der Waals surface area contributed by atoms with Crippen molar-refractivity contribution in [3.63, 3.8) is 0 Å². The van der Waals surface area contributed by atoms with Crippen LogP contribution in [0.25, 0.3) is 22.4 Å². The lowest BCUT2D eigenvalue weighted by Gasteiger charge is -2.41. The lowest BCUT2D eigenvalue weighted by molar-refractivity contribution is 0.0733. The van der Waals surface area contributed by atoms with Crippen LogP contribution < -0.4 is 10.2 Å². The minimum Gasteiger partial charge on any atom is -0.381 e. The summed E-state index contributed by atoms with van der Waals surface area (Å²) in [5.74, 6) is 0.948. The van der Waals surface area contributed by atoms with Crippen LogP contribution in [0.2, 0.25) is 0 Å². The maximum Gasteiger partial charge on any atom is 0.261 e. The minimum absolute atomic E-state index is 0.162. The zero-order valence-electron chi connectivity index (χ0n) is 21.1. The Morgan fingerprint density at radius 3 is 2.47 bits per heavy atom. The minimum atomic E-state index is -1.69. The molecule has 0 unspecified atom stereocenters. The third-order valence-electron chi connectivity index (χ3n) is 7.37. The average molecular weight is 483 g/mol. The molecule has 2 saturated heterocycles. The Labute approximate surface area is 215 Å². The van der Waals surface area contributed by atoms with Crippen LogP contribution in [-0.4, -0.2) is 76.5 Å². The van der Waals surface area contributed by atoms with Gasteiger partial charge < -0.3 is 19.5 Å². The third-order valence-corrected chi connectivity index (χ3v) is 7.37. The molecule has 182 valence electrons. The van der Waals surface area contributed by atoms with Crippen LogP contribution in [0.4, 0.5) is 10.2 Å². The van der Waals surface area contributed by atoms with Crippen molar-refractivity contribution in [2.24, 2.45) is 0 Å². The number of benzene rings is 1. The quantitative estimate of drug-likeness (QED) is 0.560. The number of fused-ring (bicyclic) bond motifs is 1. The Bertz CT molecular complexity index is 1260. The van der Waals surface area contributed by atoms with Gasteiger partial charge in [-0.25, -0.2) is 9.37 Å². The summed E-state index contributed by atoms with van der Waals surface area (Å²) in [6.45, 7) is 8.21. The summed E-state index contributed by atoms with van der Waals surface area (Å²) in [4.78, 5) is 11.5. The van der Waals surface area contributed by atoms with Crippen LogP contribution in [0, 0.1) is 19.7 Å². The molecule has 0 aliphatic carbocycles. The molecule has 11 heteroatoms. The molecule has 4 heterocycles. The number of pyridine rings is 1. The highest BCUT2D eigenvalue weighted by atomic mass is 19.1. The van der Waals surface area contributed by atoms with E-state index in [0.717, 1.165) is 51.0 Å². The highest BCUT2D eigenvalue weighted by Gasteiger charge is 2.32. The summed E-state index contributed by atoms with van der Waals surface area (Å²) in [6, 6.07) is 3.99. The Morgan fingerprint density at radius 2 is 1.83 bits per heavy atom. The Morgan fingerprint density at radius 1 is 1.08 bits per heavy atom. The second-order valence-corrected chi connectivity index (χ2v) is 10.2. The summed E-state index contributed by atoms with van der Waals surface area (Å²) in [5, 5.41) is 6.67. The first-order valence-corrected chi connectivity index (χ1v) is 12.5. The van der Waals surface area contributed by atoms with Gasteiger partial charge in [0.25, 0.3) is 5.89 Å². The lowest BCUT2D eigenvalue weighted by Crippen LogP contribution is -2.51. The molecule has 6 radical (unpaired) electrons. The molecule has 2 aromatic heterocycles. The van der Waals surface area contributed by atoms with E-state index in [1.54, 1.807) is 13.0 Å². The largest absolute Gasteiger partial charge is 0.381 e. The lowest BCUT2D eigenvalue weighted by atomic mass is 9.40. The highest BCUT2D eigenvalue weighted by Crippen LogP contribution is 2.39. The second kappa shape index (κ2) is 9.82. The Hall–Kier alpha value is -2.39. The van der Waals surface area contributed by atoms with Gasteiger partial charge in [0.2, 0.25) is 0 Å². The summed E-state index contributed by atoms with van der Waals surface area (Å²) in [7, 11) is 17.6. The highest BCUT2D eigenvalue weighted by molar-refractivity contribution is 6.59. The van der Waals surface area contributed by atoms with Gasteiger partial charge in [0, 0.05) is 43.3 Å². The van der Waals surface area contributed by atoms with Crippen molar-refractivity contribution in [1.82, 2.24) is 20.4 Å². The average Bonchev–Trinajstić information content (AvgIpc) is 3.25. The smallest absolute Gasteiger partial charge is 0.261 e. The Balaban J connectivity index is 1.55. The van der Waals surface area contributed by atoms with Gasteiger partial charge in [-0.2, -0.15) is 4.98 Å². The summed E-state index contributed by atoms with van der Waals surface area (Å²) in [6.07, 6.45) is 3.96. The number of nitrogens with zero attached hydrogens (tertiary/aromatic N) is 4. The monoisotopic (exact) mass is 483 g/mol. The van der Waals surface area contributed by atoms with Crippen molar-refractivity contribution in [3.8, 4) is 11.5 Å². The molecular formula is C25H29B3FN5O2. The van der Waals surface area contributed by atoms with E-state index >= 15 is 4.39 Å². The molecule has 2 atom stereocenters. The molecule has 1 aromatic carbocycles. The molecule has 2 aliphatic heterocycles. The zero-order valence-corrected chi connectivity index (χ0v) is 21.1. The second-order valence-electron chi connectivity index (χ2n) is 10.2. The number of aromatic nitrogens is 3. The van der Waals surface area contributed by atoms with Gasteiger partial charge in [-0.3, -0.25) is 0 Å². The molecule has 0 amide bonds. The van der Waals surface area contributed by atoms with Gasteiger partial charge in [0.15, 0.2) is 5.82 Å².